The molecule has 0 aromatic carbocycles. The van der Waals surface area contributed by atoms with Crippen LogP contribution in [0.4, 0.5) is 0 Å². The van der Waals surface area contributed by atoms with Crippen molar-refractivity contribution in [3.63, 3.8) is 0 Å². The lowest BCUT2D eigenvalue weighted by Crippen LogP contribution is -2.59. The highest BCUT2D eigenvalue weighted by Crippen LogP contribution is 2.22. The lowest BCUT2D eigenvalue weighted by molar-refractivity contribution is -0.305. The second kappa shape index (κ2) is 26.6. The number of rotatable bonds is 24. The van der Waals surface area contributed by atoms with Crippen LogP contribution < -0.4 is 0 Å². The molecule has 0 aromatic rings. The lowest BCUT2D eigenvalue weighted by atomic mass is 9.99. The molecule has 1 rings (SSSR count). The summed E-state index contributed by atoms with van der Waals surface area (Å²) in [4.78, 5) is 24.9. The first-order valence-electron chi connectivity index (χ1n) is 16.4. The van der Waals surface area contributed by atoms with Crippen molar-refractivity contribution in [1.29, 1.82) is 0 Å². The Morgan fingerprint density at radius 3 is 2.09 bits per heavy atom. The molecule has 45 heavy (non-hydrogen) atoms. The van der Waals surface area contributed by atoms with Crippen molar-refractivity contribution in [1.82, 2.24) is 0 Å². The van der Waals surface area contributed by atoms with Crippen LogP contribution in [0.25, 0.3) is 0 Å². The summed E-state index contributed by atoms with van der Waals surface area (Å²) in [6, 6.07) is 0. The van der Waals surface area contributed by atoms with Gasteiger partial charge in [0.15, 0.2) is 12.4 Å². The monoisotopic (exact) mass is 636 g/mol. The number of hydrogen-bond donors (Lipinski definition) is 4. The first kappa shape index (κ1) is 40.4. The maximum absolute atomic E-state index is 12.6. The van der Waals surface area contributed by atoms with Crippen molar-refractivity contribution in [3.05, 3.63) is 60.8 Å². The molecular formula is C35H56O10. The van der Waals surface area contributed by atoms with Gasteiger partial charge in [-0.25, -0.2) is 0 Å². The zero-order chi connectivity index (χ0) is 33.1. The van der Waals surface area contributed by atoms with E-state index in [1.54, 1.807) is 0 Å². The zero-order valence-corrected chi connectivity index (χ0v) is 27.1. The van der Waals surface area contributed by atoms with E-state index in [-0.39, 0.29) is 26.1 Å². The molecule has 0 bridgehead atoms. The Hall–Kier alpha value is -2.60. The van der Waals surface area contributed by atoms with E-state index >= 15 is 0 Å². The van der Waals surface area contributed by atoms with E-state index in [2.05, 4.69) is 32.1 Å². The minimum atomic E-state index is -1.61. The van der Waals surface area contributed by atoms with Crippen molar-refractivity contribution in [2.75, 3.05) is 19.8 Å². The molecule has 3 unspecified atom stereocenters. The first-order valence-corrected chi connectivity index (χ1v) is 16.4. The number of allylic oxidation sites excluding steroid dienone is 10. The van der Waals surface area contributed by atoms with Gasteiger partial charge in [0.1, 0.15) is 31.0 Å². The molecule has 10 heteroatoms. The third kappa shape index (κ3) is 19.5. The van der Waals surface area contributed by atoms with Gasteiger partial charge in [0.2, 0.25) is 0 Å². The number of unbranched alkanes of at least 4 members (excludes halogenated alkanes) is 6. The minimum absolute atomic E-state index is 0.174. The molecule has 256 valence electrons. The Bertz CT molecular complexity index is 923. The third-order valence-electron chi connectivity index (χ3n) is 6.99. The number of esters is 2. The van der Waals surface area contributed by atoms with Gasteiger partial charge in [0.25, 0.3) is 0 Å². The number of aliphatic hydroxyl groups excluding tert-OH is 4. The van der Waals surface area contributed by atoms with Crippen molar-refractivity contribution < 1.29 is 49.0 Å². The standard InChI is InChI=1S/C35H56O10/c1-3-5-7-9-11-12-13-14-15-16-18-20-22-24-31(38)44-28(26-42-30(37)23-21-19-17-10-8-6-4-2)27-43-35-34(41)33(40)32(39)29(25-36)45-35/h5,7,9,11-15,17,19,28-29,32-36,39-41H,3-4,6,8,10,16,18,20-27H2,1-2H3/b7-5+,11-9+,13-12+,15-14+,19-17+/t28?,29-,32+,33?,34?,35-/m0/s1. The molecule has 1 aliphatic rings. The molecule has 1 fully saturated rings. The topological polar surface area (TPSA) is 152 Å². The predicted octanol–water partition coefficient (Wildman–Crippen LogP) is 4.76. The second-order valence-corrected chi connectivity index (χ2v) is 11.0. The molecule has 0 amide bonds. The fourth-order valence-electron chi connectivity index (χ4n) is 4.33. The second-order valence-electron chi connectivity index (χ2n) is 11.0. The molecule has 10 nitrogen and oxygen atoms in total. The van der Waals surface area contributed by atoms with Crippen molar-refractivity contribution in [3.8, 4) is 0 Å². The van der Waals surface area contributed by atoms with Crippen molar-refractivity contribution >= 4 is 11.9 Å². The van der Waals surface area contributed by atoms with Crippen LogP contribution in [0, 0.1) is 0 Å². The minimum Gasteiger partial charge on any atom is -0.462 e. The Morgan fingerprint density at radius 1 is 0.711 bits per heavy atom. The van der Waals surface area contributed by atoms with Gasteiger partial charge >= 0.3 is 11.9 Å². The molecule has 0 aliphatic carbocycles. The van der Waals surface area contributed by atoms with Gasteiger partial charge in [-0.3, -0.25) is 9.59 Å². The molecule has 4 N–H and O–H groups in total. The molecule has 1 heterocycles. The number of ether oxygens (including phenoxy) is 4. The fourth-order valence-corrected chi connectivity index (χ4v) is 4.33. The van der Waals surface area contributed by atoms with Gasteiger partial charge in [-0.05, 0) is 44.9 Å². The number of aliphatic hydroxyl groups is 4. The molecular weight excluding hydrogens is 580 g/mol. The largest absolute Gasteiger partial charge is 0.462 e. The van der Waals surface area contributed by atoms with E-state index in [9.17, 15) is 30.0 Å². The maximum Gasteiger partial charge on any atom is 0.306 e. The number of hydrogen-bond acceptors (Lipinski definition) is 10. The summed E-state index contributed by atoms with van der Waals surface area (Å²) < 4.78 is 21.8. The summed E-state index contributed by atoms with van der Waals surface area (Å²) in [7, 11) is 0. The van der Waals surface area contributed by atoms with Crippen molar-refractivity contribution in [2.24, 2.45) is 0 Å². The van der Waals surface area contributed by atoms with E-state index in [0.717, 1.165) is 44.9 Å². The Balaban J connectivity index is 2.53. The molecule has 0 saturated carbocycles. The van der Waals surface area contributed by atoms with Crippen LogP contribution in [0.5, 0.6) is 0 Å². The van der Waals surface area contributed by atoms with E-state index in [0.29, 0.717) is 12.8 Å². The Labute approximate surface area is 269 Å². The summed E-state index contributed by atoms with van der Waals surface area (Å²) in [6.07, 6.45) is 21.4. The molecule has 0 radical (unpaired) electrons. The molecule has 1 saturated heterocycles. The fraction of sp³-hybridized carbons (Fsp3) is 0.657. The maximum atomic E-state index is 12.6. The van der Waals surface area contributed by atoms with Crippen LogP contribution in [-0.4, -0.2) is 89.0 Å². The smallest absolute Gasteiger partial charge is 0.306 e. The molecule has 1 aliphatic heterocycles. The highest BCUT2D eigenvalue weighted by atomic mass is 16.7. The van der Waals surface area contributed by atoms with Gasteiger partial charge in [0, 0.05) is 12.8 Å². The van der Waals surface area contributed by atoms with Crippen LogP contribution in [0.15, 0.2) is 60.8 Å². The summed E-state index contributed by atoms with van der Waals surface area (Å²) in [5.41, 5.74) is 0. The Kier molecular flexibility index (Phi) is 23.9. The normalized spacial score (nSPS) is 23.2. The quantitative estimate of drug-likeness (QED) is 0.0505. The average Bonchev–Trinajstić information content (AvgIpc) is 3.03. The van der Waals surface area contributed by atoms with Gasteiger partial charge in [-0.15, -0.1) is 0 Å². The number of carbonyl (C=O) groups excluding carboxylic acids is 2. The van der Waals surface area contributed by atoms with Gasteiger partial charge in [-0.1, -0.05) is 93.9 Å². The van der Waals surface area contributed by atoms with Crippen LogP contribution in [-0.2, 0) is 28.5 Å². The lowest BCUT2D eigenvalue weighted by Gasteiger charge is -2.39. The van der Waals surface area contributed by atoms with Crippen molar-refractivity contribution in [2.45, 2.75) is 128 Å². The van der Waals surface area contributed by atoms with Crippen LogP contribution in [0.1, 0.15) is 90.9 Å². The zero-order valence-electron chi connectivity index (χ0n) is 27.1. The summed E-state index contributed by atoms with van der Waals surface area (Å²) in [6.45, 7) is 3.07. The third-order valence-corrected chi connectivity index (χ3v) is 6.99. The molecule has 0 spiro atoms. The first-order chi connectivity index (χ1) is 21.8. The highest BCUT2D eigenvalue weighted by molar-refractivity contribution is 5.70. The van der Waals surface area contributed by atoms with Crippen LogP contribution in [0.2, 0.25) is 0 Å². The molecule has 0 aromatic heterocycles. The number of carbonyl (C=O) groups is 2. The van der Waals surface area contributed by atoms with Gasteiger partial charge < -0.3 is 39.4 Å². The predicted molar refractivity (Wildman–Crippen MR) is 173 cm³/mol. The van der Waals surface area contributed by atoms with E-state index in [4.69, 9.17) is 18.9 Å². The average molecular weight is 637 g/mol. The van der Waals surface area contributed by atoms with E-state index in [1.807, 2.05) is 42.5 Å². The molecule has 6 atom stereocenters. The van der Waals surface area contributed by atoms with E-state index in [1.165, 1.54) is 6.42 Å². The van der Waals surface area contributed by atoms with Gasteiger partial charge in [0.05, 0.1) is 13.2 Å². The van der Waals surface area contributed by atoms with Crippen LogP contribution >= 0.6 is 0 Å². The van der Waals surface area contributed by atoms with Crippen LogP contribution in [0.3, 0.4) is 0 Å². The highest BCUT2D eigenvalue weighted by Gasteiger charge is 2.44. The SMILES string of the molecule is CC/C=C/C=C/C=C/C=C/CCCCCC(=O)OC(COC(=O)CC/C=C/CCCCC)CO[C@H]1O[C@@H](CO)[C@@H](O)C(O)C1O. The summed E-state index contributed by atoms with van der Waals surface area (Å²) >= 11 is 0. The Morgan fingerprint density at radius 2 is 1.38 bits per heavy atom. The summed E-state index contributed by atoms with van der Waals surface area (Å²) in [5.74, 6) is -0.930. The van der Waals surface area contributed by atoms with Gasteiger partial charge in [-0.2, -0.15) is 0 Å². The summed E-state index contributed by atoms with van der Waals surface area (Å²) in [5, 5.41) is 39.7. The van der Waals surface area contributed by atoms with E-state index < -0.39 is 55.4 Å².